The first-order chi connectivity index (χ1) is 8.13. The lowest BCUT2D eigenvalue weighted by molar-refractivity contribution is -0.117. The van der Waals surface area contributed by atoms with Crippen molar-refractivity contribution in [1.82, 2.24) is 0 Å². The van der Waals surface area contributed by atoms with Crippen molar-refractivity contribution in [3.8, 4) is 0 Å². The van der Waals surface area contributed by atoms with Gasteiger partial charge < -0.3 is 14.3 Å². The molecule has 0 radical (unpaired) electrons. The van der Waals surface area contributed by atoms with Crippen molar-refractivity contribution < 1.29 is 19.1 Å². The Morgan fingerprint density at radius 2 is 2.06 bits per heavy atom. The van der Waals surface area contributed by atoms with E-state index in [9.17, 15) is 9.90 Å². The number of aliphatic hydroxyl groups is 1. The summed E-state index contributed by atoms with van der Waals surface area (Å²) in [5, 5.41) is 9.81. The van der Waals surface area contributed by atoms with E-state index in [1.807, 2.05) is 0 Å². The van der Waals surface area contributed by atoms with E-state index in [0.29, 0.717) is 12.2 Å². The molecule has 1 fully saturated rings. The lowest BCUT2D eigenvalue weighted by Gasteiger charge is -2.36. The molecular weight excluding hydrogens is 248 g/mol. The minimum absolute atomic E-state index is 0.0241. The molecule has 102 valence electrons. The second-order valence-corrected chi connectivity index (χ2v) is 11.4. The molecule has 1 aliphatic heterocycles. The number of hydrogen-bond donors (Lipinski definition) is 1. The van der Waals surface area contributed by atoms with Crippen molar-refractivity contribution in [3.63, 3.8) is 0 Å². The second kappa shape index (κ2) is 4.26. The lowest BCUT2D eigenvalue weighted by Crippen LogP contribution is -2.42. The molecule has 1 heterocycles. The fourth-order valence-corrected chi connectivity index (χ4v) is 2.70. The molecule has 0 unspecified atom stereocenters. The van der Waals surface area contributed by atoms with Crippen LogP contribution < -0.4 is 0 Å². The molecule has 0 amide bonds. The van der Waals surface area contributed by atoms with Gasteiger partial charge in [0.25, 0.3) is 0 Å². The standard InChI is InChI=1S/C13H22O4Si/c1-13(2,3)18(4,5)16-7-8-6-9(14)11-12(17-11)10(8)15/h6,9,11-12,14H,7H2,1-5H3/t9-,11+,12-/m0/s1. The van der Waals surface area contributed by atoms with Crippen LogP contribution in [0.25, 0.3) is 0 Å². The van der Waals surface area contributed by atoms with Gasteiger partial charge >= 0.3 is 0 Å². The van der Waals surface area contributed by atoms with Crippen LogP contribution in [0.4, 0.5) is 0 Å². The summed E-state index contributed by atoms with van der Waals surface area (Å²) in [6.45, 7) is 11.1. The number of hydrogen-bond acceptors (Lipinski definition) is 4. The van der Waals surface area contributed by atoms with Gasteiger partial charge in [-0.1, -0.05) is 20.8 Å². The Hall–Kier alpha value is -0.493. The molecule has 3 atom stereocenters. The van der Waals surface area contributed by atoms with Gasteiger partial charge in [-0.15, -0.1) is 0 Å². The van der Waals surface area contributed by atoms with E-state index in [-0.39, 0.29) is 16.9 Å². The van der Waals surface area contributed by atoms with Crippen LogP contribution in [-0.2, 0) is 14.0 Å². The third-order valence-corrected chi connectivity index (χ3v) is 8.68. The van der Waals surface area contributed by atoms with Crippen LogP contribution in [-0.4, -0.2) is 44.1 Å². The molecule has 2 aliphatic rings. The smallest absolute Gasteiger partial charge is 0.192 e. The van der Waals surface area contributed by atoms with Gasteiger partial charge in [0.1, 0.15) is 18.3 Å². The Balaban J connectivity index is 2.01. The number of fused-ring (bicyclic) bond motifs is 1. The number of ether oxygens (including phenoxy) is 1. The van der Waals surface area contributed by atoms with Crippen molar-refractivity contribution in [3.05, 3.63) is 11.6 Å². The highest BCUT2D eigenvalue weighted by molar-refractivity contribution is 6.74. The molecule has 18 heavy (non-hydrogen) atoms. The van der Waals surface area contributed by atoms with Crippen molar-refractivity contribution in [2.24, 2.45) is 0 Å². The van der Waals surface area contributed by atoms with Gasteiger partial charge in [-0.05, 0) is 24.2 Å². The largest absolute Gasteiger partial charge is 0.412 e. The summed E-state index contributed by atoms with van der Waals surface area (Å²) >= 11 is 0. The second-order valence-electron chi connectivity index (χ2n) is 6.62. The summed E-state index contributed by atoms with van der Waals surface area (Å²) in [6.07, 6.45) is 0.187. The Kier molecular flexibility index (Phi) is 3.30. The molecule has 0 spiro atoms. The van der Waals surface area contributed by atoms with Crippen LogP contribution in [0.1, 0.15) is 20.8 Å². The average Bonchev–Trinajstić information content (AvgIpc) is 3.00. The average molecular weight is 270 g/mol. The topological polar surface area (TPSA) is 59.1 Å². The van der Waals surface area contributed by atoms with Crippen LogP contribution in [0.5, 0.6) is 0 Å². The van der Waals surface area contributed by atoms with Crippen molar-refractivity contribution in [1.29, 1.82) is 0 Å². The zero-order chi connectivity index (χ0) is 13.7. The molecule has 1 aliphatic carbocycles. The number of aliphatic hydroxyl groups excluding tert-OH is 1. The highest BCUT2D eigenvalue weighted by Gasteiger charge is 2.53. The van der Waals surface area contributed by atoms with E-state index < -0.39 is 20.5 Å². The zero-order valence-electron chi connectivity index (χ0n) is 11.7. The molecule has 5 heteroatoms. The highest BCUT2D eigenvalue weighted by Crippen LogP contribution is 2.38. The van der Waals surface area contributed by atoms with E-state index >= 15 is 0 Å². The normalized spacial score (nSPS) is 32.0. The maximum atomic E-state index is 11.9. The summed E-state index contributed by atoms with van der Waals surface area (Å²) in [6, 6.07) is 0. The number of carbonyl (C=O) groups excluding carboxylic acids is 1. The predicted octanol–water partition coefficient (Wildman–Crippen LogP) is 1.65. The van der Waals surface area contributed by atoms with E-state index in [2.05, 4.69) is 33.9 Å². The number of Topliss-reactive ketones (excluding diaryl/α,β-unsaturated/α-hetero) is 1. The summed E-state index contributed by atoms with van der Waals surface area (Å²) in [5.41, 5.74) is 0.561. The van der Waals surface area contributed by atoms with Crippen LogP contribution in [0.2, 0.25) is 18.1 Å². The van der Waals surface area contributed by atoms with E-state index in [4.69, 9.17) is 9.16 Å². The molecule has 0 aromatic rings. The Labute approximate surface area is 109 Å². The molecule has 4 nitrogen and oxygen atoms in total. The van der Waals surface area contributed by atoms with Gasteiger partial charge in [-0.25, -0.2) is 0 Å². The Bertz CT molecular complexity index is 394. The fraction of sp³-hybridized carbons (Fsp3) is 0.769. The fourth-order valence-electron chi connectivity index (χ4n) is 1.75. The number of epoxide rings is 1. The summed E-state index contributed by atoms with van der Waals surface area (Å²) in [4.78, 5) is 11.9. The quantitative estimate of drug-likeness (QED) is 0.626. The minimum atomic E-state index is -1.86. The predicted molar refractivity (Wildman–Crippen MR) is 70.9 cm³/mol. The molecule has 0 bridgehead atoms. The third-order valence-electron chi connectivity index (χ3n) is 4.20. The van der Waals surface area contributed by atoms with Gasteiger partial charge in [-0.3, -0.25) is 4.79 Å². The maximum Gasteiger partial charge on any atom is 0.192 e. The molecular formula is C13H22O4Si. The van der Waals surface area contributed by atoms with Crippen molar-refractivity contribution in [2.75, 3.05) is 6.61 Å². The number of ketones is 1. The number of carbonyl (C=O) groups is 1. The van der Waals surface area contributed by atoms with Gasteiger partial charge in [-0.2, -0.15) is 0 Å². The molecule has 2 rings (SSSR count). The molecule has 0 aromatic carbocycles. The molecule has 1 N–H and O–H groups in total. The minimum Gasteiger partial charge on any atom is -0.412 e. The van der Waals surface area contributed by atoms with Crippen LogP contribution >= 0.6 is 0 Å². The van der Waals surface area contributed by atoms with E-state index in [1.54, 1.807) is 6.08 Å². The Morgan fingerprint density at radius 1 is 1.44 bits per heavy atom. The zero-order valence-corrected chi connectivity index (χ0v) is 12.7. The maximum absolute atomic E-state index is 11.9. The third kappa shape index (κ3) is 2.45. The van der Waals surface area contributed by atoms with Gasteiger partial charge in [0.15, 0.2) is 14.1 Å². The SMILES string of the molecule is CC(C)(C)[Si](C)(C)OCC1=C[C@H](O)[C@H]2O[C@H]2C1=O. The summed E-state index contributed by atoms with van der Waals surface area (Å²) in [7, 11) is -1.86. The highest BCUT2D eigenvalue weighted by atomic mass is 28.4. The van der Waals surface area contributed by atoms with Crippen molar-refractivity contribution in [2.45, 2.75) is 57.2 Å². The first-order valence-corrected chi connectivity index (χ1v) is 9.27. The lowest BCUT2D eigenvalue weighted by atomic mass is 9.97. The summed E-state index contributed by atoms with van der Waals surface area (Å²) < 4.78 is 11.1. The van der Waals surface area contributed by atoms with Gasteiger partial charge in [0.2, 0.25) is 0 Å². The number of rotatable bonds is 3. The first kappa shape index (κ1) is 13.9. The summed E-state index contributed by atoms with van der Waals surface area (Å²) in [5.74, 6) is -0.0241. The van der Waals surface area contributed by atoms with Gasteiger partial charge in [0.05, 0.1) is 6.61 Å². The Morgan fingerprint density at radius 3 is 2.61 bits per heavy atom. The van der Waals surface area contributed by atoms with E-state index in [1.165, 1.54) is 0 Å². The van der Waals surface area contributed by atoms with Crippen molar-refractivity contribution >= 4 is 14.1 Å². The van der Waals surface area contributed by atoms with E-state index in [0.717, 1.165) is 0 Å². The first-order valence-electron chi connectivity index (χ1n) is 6.36. The molecule has 0 saturated carbocycles. The van der Waals surface area contributed by atoms with Gasteiger partial charge in [0, 0.05) is 5.57 Å². The molecule has 0 aromatic heterocycles. The monoisotopic (exact) mass is 270 g/mol. The van der Waals surface area contributed by atoms with Crippen LogP contribution in [0.15, 0.2) is 11.6 Å². The van der Waals surface area contributed by atoms with Crippen LogP contribution in [0, 0.1) is 0 Å². The molecule has 1 saturated heterocycles. The van der Waals surface area contributed by atoms with Crippen LogP contribution in [0.3, 0.4) is 0 Å².